The molecule has 2 aliphatic heterocycles. The summed E-state index contributed by atoms with van der Waals surface area (Å²) in [5.74, 6) is 0.739. The Labute approximate surface area is 188 Å². The molecule has 2 aromatic rings. The molecule has 4 rings (SSSR count). The average molecular weight is 452 g/mol. The summed E-state index contributed by atoms with van der Waals surface area (Å²) in [6.45, 7) is 4.47. The fraction of sp³-hybridized carbons (Fsp3) is 0.174. The third-order valence-electron chi connectivity index (χ3n) is 4.52. The van der Waals surface area contributed by atoms with Gasteiger partial charge in [0.15, 0.2) is 11.5 Å². The highest BCUT2D eigenvalue weighted by atomic mass is 32.2. The smallest absolute Gasteiger partial charge is 0.294 e. The van der Waals surface area contributed by atoms with Crippen LogP contribution in [0.2, 0.25) is 0 Å². The first-order valence-corrected chi connectivity index (χ1v) is 10.6. The van der Waals surface area contributed by atoms with Gasteiger partial charge in [0.1, 0.15) is 32.1 Å². The molecule has 8 nitrogen and oxygen atoms in total. The molecule has 0 spiro atoms. The number of thioether (sulfide) groups is 1. The van der Waals surface area contributed by atoms with Crippen LogP contribution in [0.5, 0.6) is 17.2 Å². The second-order valence-electron chi connectivity index (χ2n) is 6.85. The van der Waals surface area contributed by atoms with E-state index in [1.165, 1.54) is 0 Å². The Bertz CT molecular complexity index is 1110. The van der Waals surface area contributed by atoms with Crippen LogP contribution in [0.15, 0.2) is 60.0 Å². The number of carbonyl (C=O) groups is 3. The summed E-state index contributed by atoms with van der Waals surface area (Å²) in [5, 5.41) is 2.18. The number of fused-ring (bicyclic) bond motifs is 1. The second kappa shape index (κ2) is 9.61. The molecule has 2 aromatic carbocycles. The van der Waals surface area contributed by atoms with Gasteiger partial charge in [-0.25, -0.2) is 0 Å². The van der Waals surface area contributed by atoms with E-state index in [1.807, 2.05) is 0 Å². The fourth-order valence-corrected chi connectivity index (χ4v) is 3.94. The third-order valence-corrected chi connectivity index (χ3v) is 5.43. The number of amides is 3. The molecule has 9 heteroatoms. The first-order chi connectivity index (χ1) is 15.5. The molecule has 0 radical (unpaired) electrons. The lowest BCUT2D eigenvalue weighted by Crippen LogP contribution is -2.36. The quantitative estimate of drug-likeness (QED) is 0.506. The molecule has 1 saturated heterocycles. The molecule has 1 N–H and O–H groups in total. The number of imide groups is 1. The maximum Gasteiger partial charge on any atom is 0.294 e. The van der Waals surface area contributed by atoms with Gasteiger partial charge in [0.05, 0.1) is 4.91 Å². The van der Waals surface area contributed by atoms with Crippen molar-refractivity contribution in [3.63, 3.8) is 0 Å². The fourth-order valence-electron chi connectivity index (χ4n) is 3.10. The van der Waals surface area contributed by atoms with Crippen molar-refractivity contribution in [2.24, 2.45) is 0 Å². The van der Waals surface area contributed by atoms with E-state index < -0.39 is 17.1 Å². The zero-order valence-electron chi connectivity index (χ0n) is 17.0. The van der Waals surface area contributed by atoms with Crippen LogP contribution in [-0.2, 0) is 9.59 Å². The van der Waals surface area contributed by atoms with E-state index in [-0.39, 0.29) is 11.4 Å². The molecule has 3 amide bonds. The van der Waals surface area contributed by atoms with E-state index in [0.29, 0.717) is 48.3 Å². The summed E-state index contributed by atoms with van der Waals surface area (Å²) >= 11 is 0.792. The lowest BCUT2D eigenvalue weighted by Gasteiger charge is -2.19. The molecule has 1 fully saturated rings. The number of ether oxygens (including phenoxy) is 3. The zero-order valence-corrected chi connectivity index (χ0v) is 17.9. The van der Waals surface area contributed by atoms with E-state index in [9.17, 15) is 14.4 Å². The molecule has 32 heavy (non-hydrogen) atoms. The SMILES string of the molecule is C=CCOc1cccc(/C=C2/SC(=O)N(CC(=O)Nc3ccc4c(c3)OCCO4)C2=O)c1. The van der Waals surface area contributed by atoms with Crippen molar-refractivity contribution in [3.8, 4) is 17.2 Å². The van der Waals surface area contributed by atoms with Crippen molar-refractivity contribution in [2.75, 3.05) is 31.7 Å². The lowest BCUT2D eigenvalue weighted by molar-refractivity contribution is -0.127. The highest BCUT2D eigenvalue weighted by Crippen LogP contribution is 2.34. The maximum absolute atomic E-state index is 12.7. The molecule has 0 atom stereocenters. The lowest BCUT2D eigenvalue weighted by atomic mass is 10.2. The number of benzene rings is 2. The van der Waals surface area contributed by atoms with Crippen molar-refractivity contribution < 1.29 is 28.6 Å². The summed E-state index contributed by atoms with van der Waals surface area (Å²) < 4.78 is 16.4. The molecule has 0 unspecified atom stereocenters. The second-order valence-corrected chi connectivity index (χ2v) is 7.84. The molecular weight excluding hydrogens is 432 g/mol. The molecule has 0 aromatic heterocycles. The van der Waals surface area contributed by atoms with Gasteiger partial charge in [0, 0.05) is 11.8 Å². The number of nitrogens with zero attached hydrogens (tertiary/aromatic N) is 1. The number of carbonyl (C=O) groups excluding carboxylic acids is 3. The van der Waals surface area contributed by atoms with Gasteiger partial charge in [-0.2, -0.15) is 0 Å². The minimum absolute atomic E-state index is 0.239. The number of hydrogen-bond acceptors (Lipinski definition) is 7. The maximum atomic E-state index is 12.7. The monoisotopic (exact) mass is 452 g/mol. The highest BCUT2D eigenvalue weighted by molar-refractivity contribution is 8.18. The topological polar surface area (TPSA) is 94.2 Å². The summed E-state index contributed by atoms with van der Waals surface area (Å²) in [6, 6.07) is 12.1. The van der Waals surface area contributed by atoms with Crippen LogP contribution in [0.1, 0.15) is 5.56 Å². The summed E-state index contributed by atoms with van der Waals surface area (Å²) in [5.41, 5.74) is 1.19. The highest BCUT2D eigenvalue weighted by Gasteiger charge is 2.36. The summed E-state index contributed by atoms with van der Waals surface area (Å²) in [4.78, 5) is 38.7. The first-order valence-electron chi connectivity index (χ1n) is 9.82. The van der Waals surface area contributed by atoms with Crippen molar-refractivity contribution in [3.05, 3.63) is 65.6 Å². The molecular formula is C23H20N2O6S. The van der Waals surface area contributed by atoms with Crippen LogP contribution >= 0.6 is 11.8 Å². The minimum Gasteiger partial charge on any atom is -0.490 e. The Kier molecular flexibility index (Phi) is 6.46. The Morgan fingerprint density at radius 3 is 2.78 bits per heavy atom. The van der Waals surface area contributed by atoms with Crippen molar-refractivity contribution >= 4 is 40.6 Å². The number of anilines is 1. The Morgan fingerprint density at radius 2 is 1.97 bits per heavy atom. The van der Waals surface area contributed by atoms with E-state index in [0.717, 1.165) is 16.7 Å². The molecule has 0 saturated carbocycles. The van der Waals surface area contributed by atoms with Crippen molar-refractivity contribution in [2.45, 2.75) is 0 Å². The van der Waals surface area contributed by atoms with Crippen molar-refractivity contribution in [1.82, 2.24) is 4.90 Å². The predicted molar refractivity (Wildman–Crippen MR) is 121 cm³/mol. The largest absolute Gasteiger partial charge is 0.490 e. The van der Waals surface area contributed by atoms with Crippen LogP contribution in [0.4, 0.5) is 10.5 Å². The van der Waals surface area contributed by atoms with E-state index in [2.05, 4.69) is 11.9 Å². The van der Waals surface area contributed by atoms with Crippen LogP contribution in [0, 0.1) is 0 Å². The van der Waals surface area contributed by atoms with Crippen LogP contribution in [-0.4, -0.2) is 48.3 Å². The molecule has 164 valence electrons. The normalized spacial score (nSPS) is 16.2. The van der Waals surface area contributed by atoms with Crippen LogP contribution in [0.25, 0.3) is 6.08 Å². The van der Waals surface area contributed by atoms with E-state index >= 15 is 0 Å². The molecule has 0 bridgehead atoms. The van der Waals surface area contributed by atoms with Crippen LogP contribution < -0.4 is 19.5 Å². The van der Waals surface area contributed by atoms with Gasteiger partial charge in [-0.1, -0.05) is 24.8 Å². The molecule has 0 aliphatic carbocycles. The average Bonchev–Trinajstić information content (AvgIpc) is 3.05. The van der Waals surface area contributed by atoms with Crippen molar-refractivity contribution in [1.29, 1.82) is 0 Å². The van der Waals surface area contributed by atoms with Gasteiger partial charge in [-0.3, -0.25) is 19.3 Å². The summed E-state index contributed by atoms with van der Waals surface area (Å²) in [6.07, 6.45) is 3.23. The first kappa shape index (κ1) is 21.5. The summed E-state index contributed by atoms with van der Waals surface area (Å²) in [7, 11) is 0. The Hall–Kier alpha value is -3.72. The van der Waals surface area contributed by atoms with Gasteiger partial charge >= 0.3 is 0 Å². The van der Waals surface area contributed by atoms with E-state index in [1.54, 1.807) is 54.6 Å². The third kappa shape index (κ3) is 4.94. The van der Waals surface area contributed by atoms with Crippen LogP contribution in [0.3, 0.4) is 0 Å². The minimum atomic E-state index is -0.519. The Morgan fingerprint density at radius 1 is 1.16 bits per heavy atom. The van der Waals surface area contributed by atoms with Gasteiger partial charge in [-0.15, -0.1) is 0 Å². The standard InChI is InChI=1S/C23H20N2O6S/c1-2-8-29-17-5-3-4-15(11-17)12-20-22(27)25(23(28)32-20)14-21(26)24-16-6-7-18-19(13-16)31-10-9-30-18/h2-7,11-13H,1,8-10,14H2,(H,24,26)/b20-12+. The Balaban J connectivity index is 1.41. The van der Waals surface area contributed by atoms with Gasteiger partial charge < -0.3 is 19.5 Å². The number of nitrogens with one attached hydrogen (secondary N) is 1. The van der Waals surface area contributed by atoms with Gasteiger partial charge in [-0.05, 0) is 47.7 Å². The van der Waals surface area contributed by atoms with Gasteiger partial charge in [0.25, 0.3) is 11.1 Å². The molecule has 2 aliphatic rings. The zero-order chi connectivity index (χ0) is 22.5. The number of hydrogen-bond donors (Lipinski definition) is 1. The van der Waals surface area contributed by atoms with Gasteiger partial charge in [0.2, 0.25) is 5.91 Å². The van der Waals surface area contributed by atoms with E-state index in [4.69, 9.17) is 14.2 Å². The predicted octanol–water partition coefficient (Wildman–Crippen LogP) is 3.70. The number of rotatable bonds is 7. The molecule has 2 heterocycles.